The highest BCUT2D eigenvalue weighted by atomic mass is 79.9. The van der Waals surface area contributed by atoms with Crippen LogP contribution in [-0.4, -0.2) is 30.0 Å². The fourth-order valence-electron chi connectivity index (χ4n) is 0.970. The first-order valence-corrected chi connectivity index (χ1v) is 7.06. The maximum absolute atomic E-state index is 11.6. The van der Waals surface area contributed by atoms with Crippen molar-refractivity contribution in [3.8, 4) is 0 Å². The molecule has 0 aliphatic rings. The Morgan fingerprint density at radius 1 is 1.53 bits per heavy atom. The predicted octanol–water partition coefficient (Wildman–Crippen LogP) is 0.359. The zero-order chi connectivity index (χ0) is 11.6. The molecule has 0 fully saturated rings. The minimum Gasteiger partial charge on any atom is -0.297 e. The van der Waals surface area contributed by atoms with Gasteiger partial charge in [0.25, 0.3) is 5.56 Å². The highest BCUT2D eigenvalue weighted by Gasteiger charge is 2.07. The molecule has 0 saturated carbocycles. The molecule has 15 heavy (non-hydrogen) atoms. The van der Waals surface area contributed by atoms with E-state index in [1.807, 2.05) is 0 Å². The fraction of sp³-hybridized carbons (Fsp3) is 0.500. The van der Waals surface area contributed by atoms with Gasteiger partial charge in [-0.15, -0.1) is 0 Å². The van der Waals surface area contributed by atoms with Crippen LogP contribution in [0.1, 0.15) is 5.69 Å². The lowest BCUT2D eigenvalue weighted by atomic mass is 10.4. The van der Waals surface area contributed by atoms with Gasteiger partial charge in [-0.3, -0.25) is 9.36 Å². The van der Waals surface area contributed by atoms with Crippen molar-refractivity contribution >= 4 is 25.8 Å². The molecule has 5 nitrogen and oxygen atoms in total. The second kappa shape index (κ2) is 4.44. The number of rotatable bonds is 3. The van der Waals surface area contributed by atoms with Gasteiger partial charge in [0.1, 0.15) is 14.3 Å². The van der Waals surface area contributed by atoms with E-state index in [-0.39, 0.29) is 17.9 Å². The number of halogens is 1. The topological polar surface area (TPSA) is 69.0 Å². The zero-order valence-electron chi connectivity index (χ0n) is 8.40. The third-order valence-corrected chi connectivity index (χ3v) is 3.70. The van der Waals surface area contributed by atoms with E-state index >= 15 is 0 Å². The van der Waals surface area contributed by atoms with Gasteiger partial charge in [-0.2, -0.15) is 0 Å². The van der Waals surface area contributed by atoms with E-state index in [4.69, 9.17) is 0 Å². The largest absolute Gasteiger partial charge is 0.297 e. The van der Waals surface area contributed by atoms with Gasteiger partial charge in [0.2, 0.25) is 0 Å². The molecule has 0 spiro atoms. The zero-order valence-corrected chi connectivity index (χ0v) is 10.8. The van der Waals surface area contributed by atoms with Crippen LogP contribution in [0.3, 0.4) is 0 Å². The quantitative estimate of drug-likeness (QED) is 0.807. The molecule has 0 aliphatic heterocycles. The Morgan fingerprint density at radius 3 is 2.67 bits per heavy atom. The second-order valence-electron chi connectivity index (χ2n) is 3.27. The van der Waals surface area contributed by atoms with Crippen LogP contribution in [0.15, 0.2) is 15.6 Å². The van der Waals surface area contributed by atoms with Crippen molar-refractivity contribution in [2.75, 3.05) is 12.0 Å². The van der Waals surface area contributed by atoms with Gasteiger partial charge in [-0.05, 0) is 22.9 Å². The first kappa shape index (κ1) is 12.4. The lowest BCUT2D eigenvalue weighted by Gasteiger charge is -2.05. The van der Waals surface area contributed by atoms with E-state index in [2.05, 4.69) is 20.9 Å². The maximum Gasteiger partial charge on any atom is 0.267 e. The first-order valence-electron chi connectivity index (χ1n) is 4.20. The SMILES string of the molecule is Cc1ncn(CCS(C)(=O)=O)c(=O)c1Br. The molecule has 1 heterocycles. The van der Waals surface area contributed by atoms with E-state index in [0.717, 1.165) is 6.26 Å². The summed E-state index contributed by atoms with van der Waals surface area (Å²) in [4.78, 5) is 15.5. The van der Waals surface area contributed by atoms with Gasteiger partial charge in [0, 0.05) is 12.8 Å². The molecule has 0 bridgehead atoms. The third-order valence-electron chi connectivity index (χ3n) is 1.86. The third kappa shape index (κ3) is 3.42. The molecule has 0 aliphatic carbocycles. The van der Waals surface area contributed by atoms with Gasteiger partial charge in [-0.25, -0.2) is 13.4 Å². The van der Waals surface area contributed by atoms with Gasteiger partial charge >= 0.3 is 0 Å². The summed E-state index contributed by atoms with van der Waals surface area (Å²) in [6.07, 6.45) is 2.49. The van der Waals surface area contributed by atoms with Crippen LogP contribution >= 0.6 is 15.9 Å². The highest BCUT2D eigenvalue weighted by molar-refractivity contribution is 9.10. The Balaban J connectivity index is 2.98. The van der Waals surface area contributed by atoms with Crippen LogP contribution in [0.25, 0.3) is 0 Å². The van der Waals surface area contributed by atoms with Crippen LogP contribution in [0.5, 0.6) is 0 Å². The molecule has 0 N–H and O–H groups in total. The summed E-state index contributed by atoms with van der Waals surface area (Å²) in [5.74, 6) is -0.0654. The predicted molar refractivity (Wildman–Crippen MR) is 60.6 cm³/mol. The molecule has 1 rings (SSSR count). The smallest absolute Gasteiger partial charge is 0.267 e. The maximum atomic E-state index is 11.6. The highest BCUT2D eigenvalue weighted by Crippen LogP contribution is 2.05. The molecule has 0 unspecified atom stereocenters. The van der Waals surface area contributed by atoms with E-state index in [0.29, 0.717) is 10.2 Å². The van der Waals surface area contributed by atoms with E-state index in [9.17, 15) is 13.2 Å². The lowest BCUT2D eigenvalue weighted by Crippen LogP contribution is -2.25. The van der Waals surface area contributed by atoms with E-state index < -0.39 is 9.84 Å². The van der Waals surface area contributed by atoms with Crippen LogP contribution in [0, 0.1) is 6.92 Å². The first-order chi connectivity index (χ1) is 6.81. The summed E-state index contributed by atoms with van der Waals surface area (Å²) in [6, 6.07) is 0. The number of aryl methyl sites for hydroxylation is 2. The monoisotopic (exact) mass is 294 g/mol. The van der Waals surface area contributed by atoms with Crippen molar-refractivity contribution in [2.24, 2.45) is 0 Å². The van der Waals surface area contributed by atoms with Gasteiger partial charge in [0.05, 0.1) is 17.8 Å². The van der Waals surface area contributed by atoms with Gasteiger partial charge < -0.3 is 0 Å². The molecule has 7 heteroatoms. The number of sulfone groups is 1. The molecular weight excluding hydrogens is 284 g/mol. The molecule has 0 amide bonds. The second-order valence-corrected chi connectivity index (χ2v) is 6.33. The number of hydrogen-bond donors (Lipinski definition) is 0. The van der Waals surface area contributed by atoms with Crippen LogP contribution in [0.4, 0.5) is 0 Å². The molecule has 1 aromatic heterocycles. The molecule has 84 valence electrons. The fourth-order valence-corrected chi connectivity index (χ4v) is 1.83. The molecule has 0 radical (unpaired) electrons. The van der Waals surface area contributed by atoms with Gasteiger partial charge in [-0.1, -0.05) is 0 Å². The number of hydrogen-bond acceptors (Lipinski definition) is 4. The Kier molecular flexibility index (Phi) is 3.67. The standard InChI is InChI=1S/C8H11BrN2O3S/c1-6-7(9)8(12)11(5-10-6)3-4-15(2,13)14/h5H,3-4H2,1-2H3. The molecule has 0 saturated heterocycles. The number of nitrogens with zero attached hydrogens (tertiary/aromatic N) is 2. The normalized spacial score (nSPS) is 11.7. The van der Waals surface area contributed by atoms with Crippen molar-refractivity contribution in [1.82, 2.24) is 9.55 Å². The minimum absolute atomic E-state index is 0.0654. The van der Waals surface area contributed by atoms with Crippen LogP contribution < -0.4 is 5.56 Å². The van der Waals surface area contributed by atoms with Crippen molar-refractivity contribution in [3.63, 3.8) is 0 Å². The Hall–Kier alpha value is -0.690. The van der Waals surface area contributed by atoms with Crippen LogP contribution in [-0.2, 0) is 16.4 Å². The van der Waals surface area contributed by atoms with Crippen molar-refractivity contribution in [2.45, 2.75) is 13.5 Å². The minimum atomic E-state index is -3.06. The summed E-state index contributed by atoms with van der Waals surface area (Å²) in [7, 11) is -3.06. The van der Waals surface area contributed by atoms with Crippen molar-refractivity contribution in [1.29, 1.82) is 0 Å². The average molecular weight is 295 g/mol. The molecule has 1 aromatic rings. The molecule has 0 atom stereocenters. The Bertz CT molecular complexity index is 521. The Morgan fingerprint density at radius 2 is 2.13 bits per heavy atom. The summed E-state index contributed by atoms with van der Waals surface area (Å²) in [5, 5.41) is 0. The summed E-state index contributed by atoms with van der Waals surface area (Å²) in [5.41, 5.74) is 0.335. The number of aromatic nitrogens is 2. The molecule has 0 aromatic carbocycles. The average Bonchev–Trinajstić information content (AvgIpc) is 2.12. The molecular formula is C8H11BrN2O3S. The van der Waals surface area contributed by atoms with Crippen LogP contribution in [0.2, 0.25) is 0 Å². The van der Waals surface area contributed by atoms with E-state index in [1.165, 1.54) is 10.9 Å². The summed E-state index contributed by atoms with van der Waals surface area (Å²) < 4.78 is 23.5. The summed E-state index contributed by atoms with van der Waals surface area (Å²) in [6.45, 7) is 1.83. The summed E-state index contributed by atoms with van der Waals surface area (Å²) >= 11 is 3.11. The van der Waals surface area contributed by atoms with E-state index in [1.54, 1.807) is 6.92 Å². The van der Waals surface area contributed by atoms with Crippen molar-refractivity contribution in [3.05, 3.63) is 26.8 Å². The van der Waals surface area contributed by atoms with Crippen molar-refractivity contribution < 1.29 is 8.42 Å². The lowest BCUT2D eigenvalue weighted by molar-refractivity contribution is 0.591. The Labute approximate surface area is 96.2 Å². The van der Waals surface area contributed by atoms with Gasteiger partial charge in [0.15, 0.2) is 0 Å².